The SMILES string of the molecule is CCN(CCOC)S(=O)(=O)c1cn(C)c2ccccc12. The quantitative estimate of drug-likeness (QED) is 0.817. The summed E-state index contributed by atoms with van der Waals surface area (Å²) in [6, 6.07) is 7.51. The molecular weight excluding hydrogens is 276 g/mol. The van der Waals surface area contributed by atoms with E-state index in [9.17, 15) is 8.42 Å². The van der Waals surface area contributed by atoms with Crippen molar-refractivity contribution in [3.05, 3.63) is 30.5 Å². The number of rotatable bonds is 6. The van der Waals surface area contributed by atoms with Crippen LogP contribution >= 0.6 is 0 Å². The Morgan fingerprint density at radius 2 is 2.00 bits per heavy atom. The molecule has 20 heavy (non-hydrogen) atoms. The Morgan fingerprint density at radius 1 is 1.30 bits per heavy atom. The van der Waals surface area contributed by atoms with E-state index in [4.69, 9.17) is 4.74 Å². The van der Waals surface area contributed by atoms with Crippen LogP contribution in [-0.2, 0) is 21.8 Å². The summed E-state index contributed by atoms with van der Waals surface area (Å²) in [5.74, 6) is 0. The van der Waals surface area contributed by atoms with Gasteiger partial charge in [0.1, 0.15) is 4.90 Å². The van der Waals surface area contributed by atoms with Gasteiger partial charge in [0, 0.05) is 44.3 Å². The molecule has 5 nitrogen and oxygen atoms in total. The molecule has 0 unspecified atom stereocenters. The van der Waals surface area contributed by atoms with Crippen LogP contribution in [0.4, 0.5) is 0 Å². The van der Waals surface area contributed by atoms with Crippen molar-refractivity contribution in [1.82, 2.24) is 8.87 Å². The number of fused-ring (bicyclic) bond motifs is 1. The number of ether oxygens (including phenoxy) is 1. The molecule has 0 radical (unpaired) electrons. The number of sulfonamides is 1. The lowest BCUT2D eigenvalue weighted by atomic mass is 10.2. The molecule has 1 heterocycles. The van der Waals surface area contributed by atoms with Crippen molar-refractivity contribution in [3.63, 3.8) is 0 Å². The van der Waals surface area contributed by atoms with Crippen LogP contribution in [0, 0.1) is 0 Å². The van der Waals surface area contributed by atoms with Crippen LogP contribution in [0.5, 0.6) is 0 Å². The summed E-state index contributed by atoms with van der Waals surface area (Å²) >= 11 is 0. The monoisotopic (exact) mass is 296 g/mol. The fourth-order valence-electron chi connectivity index (χ4n) is 2.29. The van der Waals surface area contributed by atoms with Gasteiger partial charge in [-0.25, -0.2) is 8.42 Å². The first-order valence-electron chi connectivity index (χ1n) is 6.55. The van der Waals surface area contributed by atoms with E-state index in [1.807, 2.05) is 42.8 Å². The third kappa shape index (κ3) is 2.59. The van der Waals surface area contributed by atoms with Crippen molar-refractivity contribution in [2.45, 2.75) is 11.8 Å². The van der Waals surface area contributed by atoms with Crippen molar-refractivity contribution in [2.24, 2.45) is 7.05 Å². The molecule has 0 aliphatic carbocycles. The highest BCUT2D eigenvalue weighted by molar-refractivity contribution is 7.89. The van der Waals surface area contributed by atoms with Gasteiger partial charge in [0.2, 0.25) is 10.0 Å². The van der Waals surface area contributed by atoms with E-state index in [0.717, 1.165) is 10.9 Å². The van der Waals surface area contributed by atoms with E-state index >= 15 is 0 Å². The highest BCUT2D eigenvalue weighted by Gasteiger charge is 2.26. The van der Waals surface area contributed by atoms with Crippen LogP contribution in [0.2, 0.25) is 0 Å². The number of nitrogens with zero attached hydrogens (tertiary/aromatic N) is 2. The standard InChI is InChI=1S/C14H20N2O3S/c1-4-16(9-10-19-3)20(17,18)14-11-15(2)13-8-6-5-7-12(13)14/h5-8,11H,4,9-10H2,1-3H3. The van der Waals surface area contributed by atoms with Crippen molar-refractivity contribution in [3.8, 4) is 0 Å². The third-order valence-corrected chi connectivity index (χ3v) is 5.38. The molecule has 1 aromatic carbocycles. The Bertz CT molecular complexity index is 692. The number of para-hydroxylation sites is 1. The Morgan fingerprint density at radius 3 is 2.65 bits per heavy atom. The molecule has 0 aliphatic rings. The van der Waals surface area contributed by atoms with Crippen LogP contribution in [-0.4, -0.2) is 44.1 Å². The molecular formula is C14H20N2O3S. The molecule has 0 N–H and O–H groups in total. The summed E-state index contributed by atoms with van der Waals surface area (Å²) in [4.78, 5) is 0.355. The lowest BCUT2D eigenvalue weighted by Gasteiger charge is -2.19. The number of likely N-dealkylation sites (N-methyl/N-ethyl adjacent to an activating group) is 1. The Balaban J connectivity index is 2.51. The molecule has 2 rings (SSSR count). The third-order valence-electron chi connectivity index (χ3n) is 3.38. The number of aryl methyl sites for hydroxylation is 1. The Hall–Kier alpha value is -1.37. The fraction of sp³-hybridized carbons (Fsp3) is 0.429. The first-order valence-corrected chi connectivity index (χ1v) is 7.99. The molecule has 1 aromatic heterocycles. The van der Waals surface area contributed by atoms with Crippen molar-refractivity contribution >= 4 is 20.9 Å². The molecule has 6 heteroatoms. The first-order chi connectivity index (χ1) is 9.52. The van der Waals surface area contributed by atoms with Gasteiger partial charge < -0.3 is 9.30 Å². The van der Waals surface area contributed by atoms with Crippen LogP contribution in [0.15, 0.2) is 35.4 Å². The van der Waals surface area contributed by atoms with Gasteiger partial charge in [0.25, 0.3) is 0 Å². The van der Waals surface area contributed by atoms with E-state index in [2.05, 4.69) is 0 Å². The maximum atomic E-state index is 12.8. The summed E-state index contributed by atoms with van der Waals surface area (Å²) in [5, 5.41) is 0.755. The summed E-state index contributed by atoms with van der Waals surface area (Å²) in [6.07, 6.45) is 1.68. The summed E-state index contributed by atoms with van der Waals surface area (Å²) in [6.45, 7) is 3.00. The maximum Gasteiger partial charge on any atom is 0.245 e. The maximum absolute atomic E-state index is 12.8. The topological polar surface area (TPSA) is 51.5 Å². The molecule has 0 fully saturated rings. The number of hydrogen-bond donors (Lipinski definition) is 0. The molecule has 0 spiro atoms. The molecule has 2 aromatic rings. The highest BCUT2D eigenvalue weighted by Crippen LogP contribution is 2.27. The average Bonchev–Trinajstić information content (AvgIpc) is 2.78. The smallest absolute Gasteiger partial charge is 0.245 e. The van der Waals surface area contributed by atoms with Crippen LogP contribution in [0.25, 0.3) is 10.9 Å². The lowest BCUT2D eigenvalue weighted by molar-refractivity contribution is 0.180. The number of aromatic nitrogens is 1. The zero-order chi connectivity index (χ0) is 14.8. The zero-order valence-corrected chi connectivity index (χ0v) is 12.9. The van der Waals surface area contributed by atoms with Crippen LogP contribution < -0.4 is 0 Å². The van der Waals surface area contributed by atoms with E-state index in [-0.39, 0.29) is 0 Å². The van der Waals surface area contributed by atoms with E-state index in [1.165, 1.54) is 4.31 Å². The second kappa shape index (κ2) is 5.95. The van der Waals surface area contributed by atoms with Crippen molar-refractivity contribution < 1.29 is 13.2 Å². The first kappa shape index (κ1) is 15.0. The number of benzene rings is 1. The van der Waals surface area contributed by atoms with Gasteiger partial charge in [-0.2, -0.15) is 4.31 Å². The minimum Gasteiger partial charge on any atom is -0.383 e. The molecule has 0 atom stereocenters. The summed E-state index contributed by atoms with van der Waals surface area (Å²) < 4.78 is 33.8. The molecule has 0 aliphatic heterocycles. The molecule has 0 saturated heterocycles. The largest absolute Gasteiger partial charge is 0.383 e. The molecule has 0 saturated carbocycles. The second-order valence-corrected chi connectivity index (χ2v) is 6.52. The van der Waals surface area contributed by atoms with E-state index in [0.29, 0.717) is 24.6 Å². The summed E-state index contributed by atoms with van der Waals surface area (Å²) in [7, 11) is -0.0749. The normalized spacial score (nSPS) is 12.4. The van der Waals surface area contributed by atoms with E-state index < -0.39 is 10.0 Å². The van der Waals surface area contributed by atoms with Gasteiger partial charge >= 0.3 is 0 Å². The minimum absolute atomic E-state index is 0.355. The summed E-state index contributed by atoms with van der Waals surface area (Å²) in [5.41, 5.74) is 0.911. The van der Waals surface area contributed by atoms with Gasteiger partial charge in [-0.05, 0) is 6.07 Å². The molecule has 0 bridgehead atoms. The van der Waals surface area contributed by atoms with Gasteiger partial charge in [-0.3, -0.25) is 0 Å². The van der Waals surface area contributed by atoms with E-state index in [1.54, 1.807) is 13.3 Å². The van der Waals surface area contributed by atoms with Gasteiger partial charge in [-0.1, -0.05) is 25.1 Å². The van der Waals surface area contributed by atoms with Gasteiger partial charge in [0.05, 0.1) is 6.61 Å². The average molecular weight is 296 g/mol. The molecule has 0 amide bonds. The number of methoxy groups -OCH3 is 1. The predicted octanol–water partition coefficient (Wildman–Crippen LogP) is 1.84. The Kier molecular flexibility index (Phi) is 4.47. The number of hydrogen-bond acceptors (Lipinski definition) is 3. The molecule has 110 valence electrons. The van der Waals surface area contributed by atoms with Crippen LogP contribution in [0.3, 0.4) is 0 Å². The van der Waals surface area contributed by atoms with Crippen molar-refractivity contribution in [2.75, 3.05) is 26.8 Å². The second-order valence-electron chi connectivity index (χ2n) is 4.61. The van der Waals surface area contributed by atoms with Gasteiger partial charge in [0.15, 0.2) is 0 Å². The van der Waals surface area contributed by atoms with Crippen molar-refractivity contribution in [1.29, 1.82) is 0 Å². The lowest BCUT2D eigenvalue weighted by Crippen LogP contribution is -2.33. The Labute approximate surface area is 119 Å². The van der Waals surface area contributed by atoms with Crippen LogP contribution in [0.1, 0.15) is 6.92 Å². The minimum atomic E-state index is -3.50. The van der Waals surface area contributed by atoms with Gasteiger partial charge in [-0.15, -0.1) is 0 Å². The predicted molar refractivity (Wildman–Crippen MR) is 79.2 cm³/mol. The fourth-order valence-corrected chi connectivity index (χ4v) is 3.97. The highest BCUT2D eigenvalue weighted by atomic mass is 32.2. The zero-order valence-electron chi connectivity index (χ0n) is 12.0.